The van der Waals surface area contributed by atoms with Gasteiger partial charge < -0.3 is 9.64 Å². The quantitative estimate of drug-likeness (QED) is 0.695. The number of amides is 1. The lowest BCUT2D eigenvalue weighted by atomic mass is 10.2. The van der Waals surface area contributed by atoms with Crippen LogP contribution >= 0.6 is 11.3 Å². The van der Waals surface area contributed by atoms with E-state index in [-0.39, 0.29) is 11.9 Å². The Kier molecular flexibility index (Phi) is 4.75. The third-order valence-corrected chi connectivity index (χ3v) is 5.75. The minimum atomic E-state index is -0.186. The molecule has 3 heterocycles. The molecular weight excluding hydrogens is 362 g/mol. The van der Waals surface area contributed by atoms with Crippen LogP contribution in [-0.2, 0) is 4.74 Å². The van der Waals surface area contributed by atoms with Gasteiger partial charge >= 0.3 is 0 Å². The van der Waals surface area contributed by atoms with Crippen molar-refractivity contribution in [3.63, 3.8) is 0 Å². The SMILES string of the molecule is Cc1ccc(-n2nnc(C(=O)N3CCOCC3c3nc(C)cs3)c2C)cc1. The van der Waals surface area contributed by atoms with Crippen LogP contribution in [0.3, 0.4) is 0 Å². The number of nitrogens with zero attached hydrogens (tertiary/aromatic N) is 5. The molecule has 1 fully saturated rings. The third-order valence-electron chi connectivity index (χ3n) is 4.69. The topological polar surface area (TPSA) is 73.1 Å². The van der Waals surface area contributed by atoms with Crippen LogP contribution in [0.15, 0.2) is 29.6 Å². The monoisotopic (exact) mass is 383 g/mol. The van der Waals surface area contributed by atoms with Crippen molar-refractivity contribution >= 4 is 17.2 Å². The Labute approximate surface area is 161 Å². The Bertz CT molecular complexity index is 963. The van der Waals surface area contributed by atoms with Gasteiger partial charge in [0.15, 0.2) is 5.69 Å². The van der Waals surface area contributed by atoms with E-state index in [9.17, 15) is 4.79 Å². The van der Waals surface area contributed by atoms with Gasteiger partial charge in [-0.2, -0.15) is 0 Å². The van der Waals surface area contributed by atoms with Crippen molar-refractivity contribution in [1.29, 1.82) is 0 Å². The zero-order chi connectivity index (χ0) is 19.0. The van der Waals surface area contributed by atoms with Gasteiger partial charge in [-0.05, 0) is 32.9 Å². The average Bonchev–Trinajstić information content (AvgIpc) is 3.28. The lowest BCUT2D eigenvalue weighted by Crippen LogP contribution is -2.43. The lowest BCUT2D eigenvalue weighted by molar-refractivity contribution is -0.00313. The van der Waals surface area contributed by atoms with Crippen LogP contribution in [0.5, 0.6) is 0 Å². The summed E-state index contributed by atoms with van der Waals surface area (Å²) in [6.07, 6.45) is 0. The molecule has 140 valence electrons. The zero-order valence-electron chi connectivity index (χ0n) is 15.5. The number of hydrogen-bond acceptors (Lipinski definition) is 6. The standard InChI is InChI=1S/C19H21N5O2S/c1-12-4-6-15(7-5-12)24-14(3)17(21-22-24)19(25)23-8-9-26-10-16(23)18-20-13(2)11-27-18/h4-7,11,16H,8-10H2,1-3H3. The largest absolute Gasteiger partial charge is 0.377 e. The Morgan fingerprint density at radius 2 is 2.00 bits per heavy atom. The third kappa shape index (κ3) is 3.38. The second-order valence-electron chi connectivity index (χ2n) is 6.69. The van der Waals surface area contributed by atoms with Gasteiger partial charge in [0.2, 0.25) is 0 Å². The summed E-state index contributed by atoms with van der Waals surface area (Å²) in [5, 5.41) is 11.3. The Balaban J connectivity index is 1.64. The first-order valence-corrected chi connectivity index (χ1v) is 9.72. The van der Waals surface area contributed by atoms with Crippen molar-refractivity contribution in [3.8, 4) is 5.69 Å². The maximum Gasteiger partial charge on any atom is 0.277 e. The molecule has 0 radical (unpaired) electrons. The number of aryl methyl sites for hydroxylation is 2. The van der Waals surface area contributed by atoms with Crippen molar-refractivity contribution in [2.75, 3.05) is 19.8 Å². The second kappa shape index (κ2) is 7.21. The van der Waals surface area contributed by atoms with Crippen LogP contribution < -0.4 is 0 Å². The first-order valence-electron chi connectivity index (χ1n) is 8.84. The summed E-state index contributed by atoms with van der Waals surface area (Å²) in [6, 6.07) is 7.79. The molecule has 0 saturated carbocycles. The van der Waals surface area contributed by atoms with E-state index in [2.05, 4.69) is 15.3 Å². The molecule has 1 aliphatic rings. The fourth-order valence-electron chi connectivity index (χ4n) is 3.17. The van der Waals surface area contributed by atoms with Crippen LogP contribution in [0.1, 0.15) is 38.5 Å². The molecule has 1 unspecified atom stereocenters. The molecule has 1 atom stereocenters. The zero-order valence-corrected chi connectivity index (χ0v) is 16.4. The highest BCUT2D eigenvalue weighted by atomic mass is 32.1. The average molecular weight is 383 g/mol. The molecule has 0 spiro atoms. The predicted octanol–water partition coefficient (Wildman–Crippen LogP) is 2.86. The van der Waals surface area contributed by atoms with Crippen LogP contribution in [0.2, 0.25) is 0 Å². The van der Waals surface area contributed by atoms with E-state index in [0.29, 0.717) is 25.5 Å². The number of carbonyl (C=O) groups excluding carboxylic acids is 1. The molecule has 0 bridgehead atoms. The fraction of sp³-hybridized carbons (Fsp3) is 0.368. The van der Waals surface area contributed by atoms with Crippen molar-refractivity contribution in [1.82, 2.24) is 24.9 Å². The smallest absolute Gasteiger partial charge is 0.277 e. The summed E-state index contributed by atoms with van der Waals surface area (Å²) in [6.45, 7) is 7.33. The number of benzene rings is 1. The number of morpholine rings is 1. The predicted molar refractivity (Wildman–Crippen MR) is 102 cm³/mol. The number of carbonyl (C=O) groups is 1. The van der Waals surface area contributed by atoms with Crippen LogP contribution in [-0.4, -0.2) is 50.5 Å². The summed E-state index contributed by atoms with van der Waals surface area (Å²) in [5.74, 6) is -0.132. The molecule has 0 aliphatic carbocycles. The number of ether oxygens (including phenoxy) is 1. The van der Waals surface area contributed by atoms with Crippen molar-refractivity contribution in [3.05, 3.63) is 57.3 Å². The summed E-state index contributed by atoms with van der Waals surface area (Å²) >= 11 is 1.55. The maximum absolute atomic E-state index is 13.2. The molecule has 2 aromatic heterocycles. The highest BCUT2D eigenvalue weighted by Crippen LogP contribution is 2.28. The first kappa shape index (κ1) is 17.8. The molecule has 4 rings (SSSR count). The van der Waals surface area contributed by atoms with E-state index in [1.807, 2.05) is 50.4 Å². The number of thiazole rings is 1. The van der Waals surface area contributed by atoms with Gasteiger partial charge in [-0.25, -0.2) is 9.67 Å². The molecular formula is C19H21N5O2S. The van der Waals surface area contributed by atoms with E-state index in [0.717, 1.165) is 22.1 Å². The van der Waals surface area contributed by atoms with Crippen LogP contribution in [0.25, 0.3) is 5.69 Å². The molecule has 8 heteroatoms. The molecule has 3 aromatic rings. The van der Waals surface area contributed by atoms with Crippen molar-refractivity contribution in [2.45, 2.75) is 26.8 Å². The van der Waals surface area contributed by atoms with E-state index in [1.165, 1.54) is 5.56 Å². The van der Waals surface area contributed by atoms with E-state index < -0.39 is 0 Å². The van der Waals surface area contributed by atoms with E-state index >= 15 is 0 Å². The molecule has 1 saturated heterocycles. The van der Waals surface area contributed by atoms with Gasteiger partial charge in [0.1, 0.15) is 11.0 Å². The lowest BCUT2D eigenvalue weighted by Gasteiger charge is -2.34. The molecule has 1 aromatic carbocycles. The van der Waals surface area contributed by atoms with E-state index in [1.54, 1.807) is 20.9 Å². The first-order chi connectivity index (χ1) is 13.0. The van der Waals surface area contributed by atoms with Gasteiger partial charge in [0.25, 0.3) is 5.91 Å². The normalized spacial score (nSPS) is 17.3. The van der Waals surface area contributed by atoms with Gasteiger partial charge in [-0.1, -0.05) is 22.9 Å². The van der Waals surface area contributed by atoms with Gasteiger partial charge in [0, 0.05) is 17.6 Å². The summed E-state index contributed by atoms with van der Waals surface area (Å²) in [5.41, 5.74) is 4.11. The van der Waals surface area contributed by atoms with Crippen molar-refractivity contribution < 1.29 is 9.53 Å². The van der Waals surface area contributed by atoms with Crippen LogP contribution in [0, 0.1) is 20.8 Å². The molecule has 1 aliphatic heterocycles. The van der Waals surface area contributed by atoms with Crippen LogP contribution in [0.4, 0.5) is 0 Å². The second-order valence-corrected chi connectivity index (χ2v) is 7.58. The maximum atomic E-state index is 13.2. The van der Waals surface area contributed by atoms with Crippen molar-refractivity contribution in [2.24, 2.45) is 0 Å². The highest BCUT2D eigenvalue weighted by molar-refractivity contribution is 7.09. The molecule has 0 N–H and O–H groups in total. The summed E-state index contributed by atoms with van der Waals surface area (Å²) in [4.78, 5) is 19.6. The van der Waals surface area contributed by atoms with E-state index in [4.69, 9.17) is 4.74 Å². The Hall–Kier alpha value is -2.58. The highest BCUT2D eigenvalue weighted by Gasteiger charge is 2.33. The molecule has 1 amide bonds. The number of hydrogen-bond donors (Lipinski definition) is 0. The van der Waals surface area contributed by atoms with Gasteiger partial charge in [0.05, 0.1) is 24.6 Å². The summed E-state index contributed by atoms with van der Waals surface area (Å²) < 4.78 is 7.31. The minimum Gasteiger partial charge on any atom is -0.377 e. The van der Waals surface area contributed by atoms with Gasteiger partial charge in [-0.3, -0.25) is 4.79 Å². The molecule has 7 nitrogen and oxygen atoms in total. The fourth-order valence-corrected chi connectivity index (χ4v) is 4.06. The molecule has 27 heavy (non-hydrogen) atoms. The number of rotatable bonds is 3. The minimum absolute atomic E-state index is 0.132. The van der Waals surface area contributed by atoms with Gasteiger partial charge in [-0.15, -0.1) is 16.4 Å². The Morgan fingerprint density at radius 1 is 1.22 bits per heavy atom. The number of aromatic nitrogens is 4. The Morgan fingerprint density at radius 3 is 2.70 bits per heavy atom. The summed E-state index contributed by atoms with van der Waals surface area (Å²) in [7, 11) is 0.